The van der Waals surface area contributed by atoms with Gasteiger partial charge in [-0.05, 0) is 20.8 Å². The number of Topliss-reactive ketones (excluding diaryl/α,β-unsaturated/α-hetero) is 1. The van der Waals surface area contributed by atoms with Gasteiger partial charge in [0.05, 0.1) is 13.0 Å². The van der Waals surface area contributed by atoms with Gasteiger partial charge in [-0.2, -0.15) is 0 Å². The van der Waals surface area contributed by atoms with Crippen molar-refractivity contribution in [2.75, 3.05) is 19.6 Å². The minimum Gasteiger partial charge on any atom is -0.460 e. The fraction of sp³-hybridized carbons (Fsp3) is 0.733. The molecule has 8 heteroatoms. The van der Waals surface area contributed by atoms with Gasteiger partial charge < -0.3 is 21.1 Å². The molecule has 132 valence electrons. The minimum atomic E-state index is -0.589. The smallest absolute Gasteiger partial charge is 0.306 e. The third-order valence-electron chi connectivity index (χ3n) is 2.56. The largest absolute Gasteiger partial charge is 0.460 e. The first kappa shape index (κ1) is 21.0. The van der Waals surface area contributed by atoms with E-state index < -0.39 is 17.5 Å². The van der Waals surface area contributed by atoms with Gasteiger partial charge in [0.15, 0.2) is 5.78 Å². The molecule has 4 N–H and O–H groups in total. The number of rotatable bonds is 10. The molecule has 0 saturated heterocycles. The molecule has 0 spiro atoms. The molecule has 0 atom stereocenters. The summed E-state index contributed by atoms with van der Waals surface area (Å²) in [5.74, 6) is -1.37. The molecule has 0 rings (SSSR count). The van der Waals surface area contributed by atoms with Gasteiger partial charge in [-0.15, -0.1) is 0 Å². The van der Waals surface area contributed by atoms with Crippen LogP contribution in [0.2, 0.25) is 0 Å². The topological polar surface area (TPSA) is 128 Å². The van der Waals surface area contributed by atoms with E-state index in [1.165, 1.54) is 0 Å². The molecule has 0 radical (unpaired) electrons. The summed E-state index contributed by atoms with van der Waals surface area (Å²) in [5, 5.41) is 4.97. The molecule has 0 aliphatic carbocycles. The number of nitrogens with two attached hydrogens (primary N) is 1. The molecule has 0 aromatic heterocycles. The lowest BCUT2D eigenvalue weighted by atomic mass is 10.2. The van der Waals surface area contributed by atoms with E-state index in [4.69, 9.17) is 10.5 Å². The SMILES string of the molecule is CC(C)(C)OC(=O)CCC(=O)NCC(=O)CCC(=O)NCCN. The van der Waals surface area contributed by atoms with E-state index in [0.29, 0.717) is 13.1 Å². The summed E-state index contributed by atoms with van der Waals surface area (Å²) in [7, 11) is 0. The van der Waals surface area contributed by atoms with Crippen molar-refractivity contribution in [2.24, 2.45) is 5.73 Å². The molecular weight excluding hydrogens is 302 g/mol. The summed E-state index contributed by atoms with van der Waals surface area (Å²) in [6, 6.07) is 0. The van der Waals surface area contributed by atoms with Crippen LogP contribution in [0.4, 0.5) is 0 Å². The zero-order chi connectivity index (χ0) is 17.9. The van der Waals surface area contributed by atoms with Gasteiger partial charge in [-0.25, -0.2) is 0 Å². The van der Waals surface area contributed by atoms with Crippen LogP contribution in [-0.2, 0) is 23.9 Å². The molecule has 0 heterocycles. The van der Waals surface area contributed by atoms with Crippen molar-refractivity contribution in [1.29, 1.82) is 0 Å². The Kier molecular flexibility index (Phi) is 9.80. The summed E-state index contributed by atoms with van der Waals surface area (Å²) in [6.45, 7) is 5.78. The summed E-state index contributed by atoms with van der Waals surface area (Å²) < 4.78 is 5.07. The maximum absolute atomic E-state index is 11.5. The van der Waals surface area contributed by atoms with Gasteiger partial charge in [0, 0.05) is 32.4 Å². The Balaban J connectivity index is 3.82. The lowest BCUT2D eigenvalue weighted by molar-refractivity contribution is -0.155. The second-order valence-electron chi connectivity index (χ2n) is 6.04. The van der Waals surface area contributed by atoms with Gasteiger partial charge >= 0.3 is 5.97 Å². The van der Waals surface area contributed by atoms with Crippen LogP contribution in [0.25, 0.3) is 0 Å². The molecule has 0 unspecified atom stereocenters. The highest BCUT2D eigenvalue weighted by molar-refractivity contribution is 5.89. The quantitative estimate of drug-likeness (QED) is 0.470. The zero-order valence-corrected chi connectivity index (χ0v) is 14.1. The fourth-order valence-corrected chi connectivity index (χ4v) is 1.54. The van der Waals surface area contributed by atoms with E-state index in [-0.39, 0.29) is 43.9 Å². The van der Waals surface area contributed by atoms with Gasteiger partial charge in [0.25, 0.3) is 0 Å². The van der Waals surface area contributed by atoms with Crippen LogP contribution in [0.1, 0.15) is 46.5 Å². The Morgan fingerprint density at radius 1 is 0.913 bits per heavy atom. The predicted molar refractivity (Wildman–Crippen MR) is 84.4 cm³/mol. The lowest BCUT2D eigenvalue weighted by Gasteiger charge is -2.19. The van der Waals surface area contributed by atoms with Crippen molar-refractivity contribution in [3.63, 3.8) is 0 Å². The third kappa shape index (κ3) is 13.4. The van der Waals surface area contributed by atoms with Crippen LogP contribution >= 0.6 is 0 Å². The maximum Gasteiger partial charge on any atom is 0.306 e. The summed E-state index contributed by atoms with van der Waals surface area (Å²) >= 11 is 0. The number of hydrogen-bond acceptors (Lipinski definition) is 6. The monoisotopic (exact) mass is 329 g/mol. The number of esters is 1. The van der Waals surface area contributed by atoms with Gasteiger partial charge in [-0.1, -0.05) is 0 Å². The highest BCUT2D eigenvalue weighted by Gasteiger charge is 2.17. The predicted octanol–water partition coefficient (Wildman–Crippen LogP) is -0.351. The Hall–Kier alpha value is -1.96. The van der Waals surface area contributed by atoms with E-state index in [1.807, 2.05) is 0 Å². The number of ketones is 1. The Morgan fingerprint density at radius 3 is 2.04 bits per heavy atom. The van der Waals surface area contributed by atoms with Crippen molar-refractivity contribution in [3.05, 3.63) is 0 Å². The van der Waals surface area contributed by atoms with Crippen LogP contribution in [0.5, 0.6) is 0 Å². The van der Waals surface area contributed by atoms with Gasteiger partial charge in [0.2, 0.25) is 11.8 Å². The second kappa shape index (κ2) is 10.7. The molecule has 0 aliphatic heterocycles. The first-order valence-electron chi connectivity index (χ1n) is 7.61. The Bertz CT molecular complexity index is 429. The highest BCUT2D eigenvalue weighted by Crippen LogP contribution is 2.08. The van der Waals surface area contributed by atoms with E-state index in [9.17, 15) is 19.2 Å². The Morgan fingerprint density at radius 2 is 1.48 bits per heavy atom. The molecule has 2 amide bonds. The van der Waals surface area contributed by atoms with Crippen LogP contribution in [0.3, 0.4) is 0 Å². The number of ether oxygens (including phenoxy) is 1. The number of carbonyl (C=O) groups is 4. The summed E-state index contributed by atoms with van der Waals surface area (Å²) in [6.07, 6.45) is 0.0212. The van der Waals surface area contributed by atoms with E-state index in [1.54, 1.807) is 20.8 Å². The number of amides is 2. The molecule has 8 nitrogen and oxygen atoms in total. The second-order valence-corrected chi connectivity index (χ2v) is 6.04. The average Bonchev–Trinajstić information content (AvgIpc) is 2.44. The molecule has 0 saturated carbocycles. The Labute approximate surface area is 136 Å². The molecule has 0 aliphatic rings. The molecule has 0 aromatic carbocycles. The van der Waals surface area contributed by atoms with Crippen molar-refractivity contribution in [2.45, 2.75) is 52.1 Å². The molecule has 0 aromatic rings. The standard InChI is InChI=1S/C15H27N3O5/c1-15(2,3)23-14(22)7-6-13(21)18-10-11(19)4-5-12(20)17-9-8-16/h4-10,16H2,1-3H3,(H,17,20)(H,18,21). The van der Waals surface area contributed by atoms with Crippen molar-refractivity contribution >= 4 is 23.6 Å². The molecule has 0 fully saturated rings. The van der Waals surface area contributed by atoms with Crippen molar-refractivity contribution < 1.29 is 23.9 Å². The number of hydrogen-bond donors (Lipinski definition) is 3. The van der Waals surface area contributed by atoms with Crippen LogP contribution in [0, 0.1) is 0 Å². The lowest BCUT2D eigenvalue weighted by Crippen LogP contribution is -2.32. The first-order chi connectivity index (χ1) is 10.6. The normalized spacial score (nSPS) is 10.8. The van der Waals surface area contributed by atoms with Crippen LogP contribution in [-0.4, -0.2) is 48.8 Å². The van der Waals surface area contributed by atoms with Crippen molar-refractivity contribution in [1.82, 2.24) is 10.6 Å². The van der Waals surface area contributed by atoms with Crippen molar-refractivity contribution in [3.8, 4) is 0 Å². The highest BCUT2D eigenvalue weighted by atomic mass is 16.6. The zero-order valence-electron chi connectivity index (χ0n) is 14.1. The van der Waals surface area contributed by atoms with E-state index in [2.05, 4.69) is 10.6 Å². The maximum atomic E-state index is 11.5. The molecule has 0 bridgehead atoms. The number of nitrogens with one attached hydrogen (secondary N) is 2. The number of carbonyl (C=O) groups excluding carboxylic acids is 4. The summed E-state index contributed by atoms with van der Waals surface area (Å²) in [5.41, 5.74) is 4.65. The minimum absolute atomic E-state index is 0.0425. The van der Waals surface area contributed by atoms with Crippen LogP contribution in [0.15, 0.2) is 0 Å². The van der Waals surface area contributed by atoms with Gasteiger partial charge in [-0.3, -0.25) is 19.2 Å². The first-order valence-corrected chi connectivity index (χ1v) is 7.61. The fourth-order valence-electron chi connectivity index (χ4n) is 1.54. The van der Waals surface area contributed by atoms with E-state index in [0.717, 1.165) is 0 Å². The van der Waals surface area contributed by atoms with Gasteiger partial charge in [0.1, 0.15) is 5.60 Å². The average molecular weight is 329 g/mol. The van der Waals surface area contributed by atoms with Crippen LogP contribution < -0.4 is 16.4 Å². The third-order valence-corrected chi connectivity index (χ3v) is 2.56. The summed E-state index contributed by atoms with van der Waals surface area (Å²) in [4.78, 5) is 45.8. The molecule has 23 heavy (non-hydrogen) atoms. The molecular formula is C15H27N3O5. The van der Waals surface area contributed by atoms with E-state index >= 15 is 0 Å².